The minimum Gasteiger partial charge on any atom is -0.457 e. The molecule has 4 rings (SSSR count). The Morgan fingerprint density at radius 3 is 2.54 bits per heavy atom. The first-order chi connectivity index (χ1) is 13.4. The highest BCUT2D eigenvalue weighted by molar-refractivity contribution is 7.89. The van der Waals surface area contributed by atoms with Crippen LogP contribution in [0.3, 0.4) is 0 Å². The Morgan fingerprint density at radius 2 is 1.86 bits per heavy atom. The summed E-state index contributed by atoms with van der Waals surface area (Å²) in [5.41, 5.74) is 2.64. The van der Waals surface area contributed by atoms with Gasteiger partial charge in [0.1, 0.15) is 23.4 Å². The SMILES string of the molecule is N#C/C(=C\c1ccc(-c2ccc(S(N)(=O)=O)cc2)o1)c1nc2ccccc2[nH]1. The van der Waals surface area contributed by atoms with Crippen LogP contribution in [-0.2, 0) is 10.0 Å². The summed E-state index contributed by atoms with van der Waals surface area (Å²) in [7, 11) is -3.74. The molecule has 0 radical (unpaired) electrons. The number of allylic oxidation sites excluding steroid dienone is 1. The van der Waals surface area contributed by atoms with E-state index in [-0.39, 0.29) is 4.90 Å². The van der Waals surface area contributed by atoms with Crippen molar-refractivity contribution in [1.29, 1.82) is 5.26 Å². The van der Waals surface area contributed by atoms with E-state index in [1.807, 2.05) is 24.3 Å². The van der Waals surface area contributed by atoms with Crippen LogP contribution in [-0.4, -0.2) is 18.4 Å². The maximum atomic E-state index is 11.3. The number of imidazole rings is 1. The Morgan fingerprint density at radius 1 is 1.11 bits per heavy atom. The van der Waals surface area contributed by atoms with Crippen LogP contribution in [0.5, 0.6) is 0 Å². The van der Waals surface area contributed by atoms with Crippen LogP contribution in [0.25, 0.3) is 34.0 Å². The van der Waals surface area contributed by atoms with E-state index in [0.29, 0.717) is 28.5 Å². The highest BCUT2D eigenvalue weighted by Gasteiger charge is 2.11. The Balaban J connectivity index is 1.65. The third kappa shape index (κ3) is 3.44. The van der Waals surface area contributed by atoms with Gasteiger partial charge in [-0.15, -0.1) is 0 Å². The molecule has 0 atom stereocenters. The number of primary sulfonamides is 1. The molecule has 0 unspecified atom stereocenters. The molecule has 2 aromatic carbocycles. The van der Waals surface area contributed by atoms with E-state index in [4.69, 9.17) is 9.56 Å². The quantitative estimate of drug-likeness (QED) is 0.516. The van der Waals surface area contributed by atoms with Crippen molar-refractivity contribution >= 4 is 32.7 Å². The number of aromatic nitrogens is 2. The molecule has 0 aliphatic rings. The van der Waals surface area contributed by atoms with Gasteiger partial charge in [0.15, 0.2) is 0 Å². The second-order valence-electron chi connectivity index (χ2n) is 6.04. The van der Waals surface area contributed by atoms with Crippen LogP contribution in [0.4, 0.5) is 0 Å². The van der Waals surface area contributed by atoms with Crippen molar-refractivity contribution in [2.45, 2.75) is 4.90 Å². The fraction of sp³-hybridized carbons (Fsp3) is 0. The molecule has 2 aromatic heterocycles. The average Bonchev–Trinajstić information content (AvgIpc) is 3.32. The van der Waals surface area contributed by atoms with Gasteiger partial charge in [0.2, 0.25) is 10.0 Å². The minimum atomic E-state index is -3.74. The summed E-state index contributed by atoms with van der Waals surface area (Å²) in [6, 6.07) is 19.2. The average molecular weight is 390 g/mol. The lowest BCUT2D eigenvalue weighted by Crippen LogP contribution is -2.11. The van der Waals surface area contributed by atoms with Crippen molar-refractivity contribution in [2.75, 3.05) is 0 Å². The zero-order chi connectivity index (χ0) is 19.7. The third-order valence-electron chi connectivity index (χ3n) is 4.15. The first-order valence-electron chi connectivity index (χ1n) is 8.24. The Kier molecular flexibility index (Phi) is 4.31. The minimum absolute atomic E-state index is 0.0274. The van der Waals surface area contributed by atoms with Gasteiger partial charge in [-0.1, -0.05) is 12.1 Å². The number of fused-ring (bicyclic) bond motifs is 1. The molecule has 0 saturated heterocycles. The fourth-order valence-electron chi connectivity index (χ4n) is 2.77. The second kappa shape index (κ2) is 6.81. The molecule has 2 heterocycles. The monoisotopic (exact) mass is 390 g/mol. The molecule has 4 aromatic rings. The number of benzene rings is 2. The lowest BCUT2D eigenvalue weighted by atomic mass is 10.2. The van der Waals surface area contributed by atoms with Crippen molar-refractivity contribution in [3.63, 3.8) is 0 Å². The largest absolute Gasteiger partial charge is 0.457 e. The second-order valence-corrected chi connectivity index (χ2v) is 7.61. The number of rotatable bonds is 4. The standard InChI is InChI=1S/C20H14N4O3S/c21-12-14(20-23-17-3-1-2-4-18(17)24-20)11-15-7-10-19(27-15)13-5-8-16(9-6-13)28(22,25)26/h1-11H,(H,23,24)(H2,22,25,26)/b14-11+. The van der Waals surface area contributed by atoms with Gasteiger partial charge in [0.05, 0.1) is 21.5 Å². The molecule has 0 amide bonds. The molecule has 138 valence electrons. The maximum absolute atomic E-state index is 11.3. The van der Waals surface area contributed by atoms with Gasteiger partial charge in [-0.05, 0) is 48.5 Å². The molecular formula is C20H14N4O3S. The van der Waals surface area contributed by atoms with E-state index in [2.05, 4.69) is 16.0 Å². The molecule has 0 aliphatic carbocycles. The summed E-state index contributed by atoms with van der Waals surface area (Å²) in [5, 5.41) is 14.6. The van der Waals surface area contributed by atoms with Gasteiger partial charge >= 0.3 is 0 Å². The number of hydrogen-bond donors (Lipinski definition) is 2. The first kappa shape index (κ1) is 17.7. The predicted molar refractivity (Wildman–Crippen MR) is 105 cm³/mol. The van der Waals surface area contributed by atoms with Crippen molar-refractivity contribution in [3.05, 3.63) is 72.2 Å². The number of nitrogens with two attached hydrogens (primary N) is 1. The Bertz CT molecular complexity index is 1310. The number of nitrogens with one attached hydrogen (secondary N) is 1. The van der Waals surface area contributed by atoms with E-state index >= 15 is 0 Å². The number of sulfonamides is 1. The summed E-state index contributed by atoms with van der Waals surface area (Å²) in [6.45, 7) is 0. The number of para-hydroxylation sites is 2. The number of hydrogen-bond acceptors (Lipinski definition) is 5. The highest BCUT2D eigenvalue weighted by Crippen LogP contribution is 2.26. The summed E-state index contributed by atoms with van der Waals surface area (Å²) < 4.78 is 28.5. The van der Waals surface area contributed by atoms with Gasteiger partial charge < -0.3 is 9.40 Å². The van der Waals surface area contributed by atoms with Gasteiger partial charge in [0.25, 0.3) is 0 Å². The number of aromatic amines is 1. The van der Waals surface area contributed by atoms with Gasteiger partial charge in [-0.2, -0.15) is 5.26 Å². The van der Waals surface area contributed by atoms with E-state index in [9.17, 15) is 13.7 Å². The molecule has 0 spiro atoms. The summed E-state index contributed by atoms with van der Waals surface area (Å²) in [6.07, 6.45) is 1.60. The van der Waals surface area contributed by atoms with E-state index in [1.54, 1.807) is 30.3 Å². The molecule has 0 aliphatic heterocycles. The summed E-state index contributed by atoms with van der Waals surface area (Å²) >= 11 is 0. The van der Waals surface area contributed by atoms with E-state index < -0.39 is 10.0 Å². The first-order valence-corrected chi connectivity index (χ1v) is 9.79. The zero-order valence-electron chi connectivity index (χ0n) is 14.5. The van der Waals surface area contributed by atoms with Crippen molar-refractivity contribution in [2.24, 2.45) is 5.14 Å². The van der Waals surface area contributed by atoms with Gasteiger partial charge in [0, 0.05) is 11.6 Å². The van der Waals surface area contributed by atoms with E-state index in [1.165, 1.54) is 12.1 Å². The summed E-state index contributed by atoms with van der Waals surface area (Å²) in [4.78, 5) is 7.56. The van der Waals surface area contributed by atoms with Crippen molar-refractivity contribution < 1.29 is 12.8 Å². The van der Waals surface area contributed by atoms with Crippen LogP contribution >= 0.6 is 0 Å². The van der Waals surface area contributed by atoms with Crippen LogP contribution in [0.1, 0.15) is 11.6 Å². The lowest BCUT2D eigenvalue weighted by molar-refractivity contribution is 0.571. The van der Waals surface area contributed by atoms with Crippen LogP contribution < -0.4 is 5.14 Å². The number of nitrogens with zero attached hydrogens (tertiary/aromatic N) is 2. The van der Waals surface area contributed by atoms with Crippen LogP contribution in [0, 0.1) is 11.3 Å². The molecule has 0 bridgehead atoms. The molecule has 28 heavy (non-hydrogen) atoms. The molecule has 7 nitrogen and oxygen atoms in total. The summed E-state index contributed by atoms with van der Waals surface area (Å²) in [5.74, 6) is 1.47. The van der Waals surface area contributed by atoms with Gasteiger partial charge in [-0.25, -0.2) is 18.5 Å². The zero-order valence-corrected chi connectivity index (χ0v) is 15.3. The third-order valence-corrected chi connectivity index (χ3v) is 5.07. The normalized spacial score (nSPS) is 12.2. The van der Waals surface area contributed by atoms with E-state index in [0.717, 1.165) is 11.0 Å². The fourth-order valence-corrected chi connectivity index (χ4v) is 3.29. The van der Waals surface area contributed by atoms with Gasteiger partial charge in [-0.3, -0.25) is 0 Å². The maximum Gasteiger partial charge on any atom is 0.238 e. The highest BCUT2D eigenvalue weighted by atomic mass is 32.2. The van der Waals surface area contributed by atoms with Crippen molar-refractivity contribution in [3.8, 4) is 17.4 Å². The van der Waals surface area contributed by atoms with Crippen LogP contribution in [0.15, 0.2) is 70.0 Å². The van der Waals surface area contributed by atoms with Crippen LogP contribution in [0.2, 0.25) is 0 Å². The predicted octanol–water partition coefficient (Wildman–Crippen LogP) is 3.53. The smallest absolute Gasteiger partial charge is 0.238 e. The van der Waals surface area contributed by atoms with Crippen molar-refractivity contribution in [1.82, 2.24) is 9.97 Å². The number of H-pyrrole nitrogens is 1. The lowest BCUT2D eigenvalue weighted by Gasteiger charge is -2.00. The molecular weight excluding hydrogens is 376 g/mol. The topological polar surface area (TPSA) is 126 Å². The molecule has 3 N–H and O–H groups in total. The number of furan rings is 1. The molecule has 0 fully saturated rings. The molecule has 8 heteroatoms. The number of nitriles is 1. The Labute approximate surface area is 160 Å². The molecule has 0 saturated carbocycles. The Hall–Kier alpha value is -3.67.